The number of nitrogens with zero attached hydrogens (tertiary/aromatic N) is 1. The molecule has 0 spiro atoms. The fraction of sp³-hybridized carbons (Fsp3) is 0.136. The van der Waals surface area contributed by atoms with E-state index in [2.05, 4.69) is 33.1 Å². The summed E-state index contributed by atoms with van der Waals surface area (Å²) in [5, 5.41) is 17.9. The Balaban J connectivity index is 1.56. The number of benzene rings is 2. The summed E-state index contributed by atoms with van der Waals surface area (Å²) in [5.41, 5.74) is 3.37. The summed E-state index contributed by atoms with van der Waals surface area (Å²) < 4.78 is 0. The number of halogens is 1. The second kappa shape index (κ2) is 8.42. The van der Waals surface area contributed by atoms with E-state index in [-0.39, 0.29) is 23.3 Å². The molecule has 2 aromatic carbocycles. The zero-order chi connectivity index (χ0) is 21.1. The van der Waals surface area contributed by atoms with Crippen molar-refractivity contribution in [3.05, 3.63) is 82.5 Å². The first-order valence-electron chi connectivity index (χ1n) is 9.39. The first kappa shape index (κ1) is 19.7. The third-order valence-electron chi connectivity index (χ3n) is 4.83. The minimum absolute atomic E-state index is 0.0345. The minimum atomic E-state index is -1.23. The van der Waals surface area contributed by atoms with Gasteiger partial charge in [0.05, 0.1) is 16.4 Å². The fourth-order valence-electron chi connectivity index (χ4n) is 3.53. The maximum Gasteiger partial charge on any atom is 0.409 e. The molecule has 0 fully saturated rings. The molecule has 1 heterocycles. The molecule has 152 valence electrons. The topological polar surface area (TPSA) is 103 Å². The van der Waals surface area contributed by atoms with Crippen LogP contribution in [0.15, 0.2) is 60.7 Å². The van der Waals surface area contributed by atoms with Crippen LogP contribution in [0.25, 0.3) is 0 Å². The zero-order valence-electron chi connectivity index (χ0n) is 15.9. The molecule has 0 unspecified atom stereocenters. The van der Waals surface area contributed by atoms with E-state index >= 15 is 0 Å². The lowest BCUT2D eigenvalue weighted by molar-refractivity contribution is 0.0933. The van der Waals surface area contributed by atoms with E-state index in [0.717, 1.165) is 12.8 Å². The zero-order valence-corrected chi connectivity index (χ0v) is 16.6. The Morgan fingerprint density at radius 1 is 1.00 bits per heavy atom. The van der Waals surface area contributed by atoms with Crippen LogP contribution in [0.5, 0.6) is 0 Å². The van der Waals surface area contributed by atoms with Crippen molar-refractivity contribution in [3.63, 3.8) is 0 Å². The van der Waals surface area contributed by atoms with Crippen molar-refractivity contribution in [1.29, 1.82) is 0 Å². The maximum atomic E-state index is 12.9. The summed E-state index contributed by atoms with van der Waals surface area (Å²) in [6, 6.07) is 18.0. The highest BCUT2D eigenvalue weighted by atomic mass is 35.5. The molecule has 0 saturated heterocycles. The molecule has 30 heavy (non-hydrogen) atoms. The molecular formula is C22H19ClN4O3. The Morgan fingerprint density at radius 2 is 1.67 bits per heavy atom. The smallest absolute Gasteiger partial charge is 0.409 e. The largest absolute Gasteiger partial charge is 0.465 e. The van der Waals surface area contributed by atoms with E-state index in [1.54, 1.807) is 24.3 Å². The van der Waals surface area contributed by atoms with Crippen LogP contribution in [0.1, 0.15) is 21.6 Å². The summed E-state index contributed by atoms with van der Waals surface area (Å²) in [4.78, 5) is 28.3. The number of rotatable bonds is 5. The van der Waals surface area contributed by atoms with Crippen molar-refractivity contribution in [3.8, 4) is 0 Å². The lowest BCUT2D eigenvalue weighted by Gasteiger charge is -2.14. The molecule has 4 N–H and O–H groups in total. The number of hydrogen-bond donors (Lipinski definition) is 4. The highest BCUT2D eigenvalue weighted by Gasteiger charge is 2.23. The molecule has 1 aliphatic rings. The quantitative estimate of drug-likeness (QED) is 0.486. The van der Waals surface area contributed by atoms with Gasteiger partial charge in [-0.05, 0) is 42.2 Å². The number of aromatic nitrogens is 1. The molecule has 2 amide bonds. The predicted molar refractivity (Wildman–Crippen MR) is 116 cm³/mol. The molecule has 0 atom stereocenters. The SMILES string of the molecule is O=C(O)Nc1cc(Nc2ccccc2Cl)nc(C(=O)NC2Cc3ccccc3C2)c1. The normalized spacial score (nSPS) is 12.8. The van der Waals surface area contributed by atoms with Crippen LogP contribution in [-0.2, 0) is 12.8 Å². The number of fused-ring (bicyclic) bond motifs is 1. The van der Waals surface area contributed by atoms with E-state index in [1.807, 2.05) is 12.1 Å². The number of pyridine rings is 1. The first-order valence-corrected chi connectivity index (χ1v) is 9.77. The van der Waals surface area contributed by atoms with Crippen molar-refractivity contribution >= 4 is 40.8 Å². The minimum Gasteiger partial charge on any atom is -0.465 e. The number of amides is 2. The molecule has 1 aromatic heterocycles. The Hall–Kier alpha value is -3.58. The van der Waals surface area contributed by atoms with Crippen LogP contribution < -0.4 is 16.0 Å². The average Bonchev–Trinajstić information content (AvgIpc) is 3.11. The highest BCUT2D eigenvalue weighted by Crippen LogP contribution is 2.26. The third-order valence-corrected chi connectivity index (χ3v) is 5.16. The Morgan fingerprint density at radius 3 is 2.33 bits per heavy atom. The number of anilines is 3. The molecule has 0 saturated carbocycles. The van der Waals surface area contributed by atoms with Gasteiger partial charge in [-0.2, -0.15) is 0 Å². The van der Waals surface area contributed by atoms with Crippen molar-refractivity contribution < 1.29 is 14.7 Å². The number of carboxylic acid groups (broad SMARTS) is 1. The Kier molecular flexibility index (Phi) is 5.54. The number of carbonyl (C=O) groups excluding carboxylic acids is 1. The van der Waals surface area contributed by atoms with Gasteiger partial charge in [-0.25, -0.2) is 9.78 Å². The van der Waals surface area contributed by atoms with Crippen molar-refractivity contribution in [1.82, 2.24) is 10.3 Å². The van der Waals surface area contributed by atoms with E-state index in [9.17, 15) is 9.59 Å². The summed E-state index contributed by atoms with van der Waals surface area (Å²) in [5.74, 6) is -0.0711. The van der Waals surface area contributed by atoms with Gasteiger partial charge < -0.3 is 15.7 Å². The molecule has 1 aliphatic carbocycles. The number of hydrogen-bond acceptors (Lipinski definition) is 4. The second-order valence-electron chi connectivity index (χ2n) is 7.01. The Bertz CT molecular complexity index is 1090. The van der Waals surface area contributed by atoms with Crippen LogP contribution in [0.4, 0.5) is 22.0 Å². The molecule has 0 aliphatic heterocycles. The summed E-state index contributed by atoms with van der Waals surface area (Å²) in [7, 11) is 0. The third kappa shape index (κ3) is 4.52. The molecule has 4 rings (SSSR count). The van der Waals surface area contributed by atoms with Gasteiger partial charge >= 0.3 is 6.09 Å². The van der Waals surface area contributed by atoms with Crippen molar-refractivity contribution in [2.24, 2.45) is 0 Å². The molecule has 0 bridgehead atoms. The summed E-state index contributed by atoms with van der Waals surface area (Å²) in [6.45, 7) is 0. The van der Waals surface area contributed by atoms with Gasteiger partial charge in [0.1, 0.15) is 11.5 Å². The van der Waals surface area contributed by atoms with Gasteiger partial charge in [0.15, 0.2) is 0 Å². The highest BCUT2D eigenvalue weighted by molar-refractivity contribution is 6.33. The molecule has 0 radical (unpaired) electrons. The number of para-hydroxylation sites is 1. The van der Waals surface area contributed by atoms with Crippen LogP contribution in [0, 0.1) is 0 Å². The summed E-state index contributed by atoms with van der Waals surface area (Å²) >= 11 is 6.18. The van der Waals surface area contributed by atoms with E-state index in [4.69, 9.17) is 16.7 Å². The molecule has 8 heteroatoms. The van der Waals surface area contributed by atoms with Gasteiger partial charge in [-0.1, -0.05) is 48.0 Å². The van der Waals surface area contributed by atoms with E-state index in [0.29, 0.717) is 16.5 Å². The standard InChI is InChI=1S/C22H19ClN4O3/c23-17-7-3-4-8-18(17)26-20-12-16(25-22(29)30)11-19(27-20)21(28)24-15-9-13-5-1-2-6-14(13)10-15/h1-8,11-12,15H,9-10H2,(H,24,28)(H,29,30)(H2,25,26,27). The predicted octanol–water partition coefficient (Wildman–Crippen LogP) is 4.47. The second-order valence-corrected chi connectivity index (χ2v) is 7.42. The number of carbonyl (C=O) groups is 2. The monoisotopic (exact) mass is 422 g/mol. The lowest BCUT2D eigenvalue weighted by atomic mass is 10.1. The van der Waals surface area contributed by atoms with Gasteiger partial charge in [0, 0.05) is 12.1 Å². The summed E-state index contributed by atoms with van der Waals surface area (Å²) in [6.07, 6.45) is 0.266. The van der Waals surface area contributed by atoms with Crippen molar-refractivity contribution in [2.45, 2.75) is 18.9 Å². The Labute approximate surface area is 178 Å². The van der Waals surface area contributed by atoms with Gasteiger partial charge in [-0.15, -0.1) is 0 Å². The average molecular weight is 423 g/mol. The lowest BCUT2D eigenvalue weighted by Crippen LogP contribution is -2.35. The van der Waals surface area contributed by atoms with E-state index in [1.165, 1.54) is 23.3 Å². The first-order chi connectivity index (χ1) is 14.5. The van der Waals surface area contributed by atoms with Gasteiger partial charge in [0.25, 0.3) is 5.91 Å². The van der Waals surface area contributed by atoms with Crippen LogP contribution in [0.3, 0.4) is 0 Å². The fourth-order valence-corrected chi connectivity index (χ4v) is 3.71. The maximum absolute atomic E-state index is 12.9. The van der Waals surface area contributed by atoms with Gasteiger partial charge in [-0.3, -0.25) is 10.1 Å². The van der Waals surface area contributed by atoms with Crippen LogP contribution in [-0.4, -0.2) is 28.1 Å². The van der Waals surface area contributed by atoms with E-state index < -0.39 is 6.09 Å². The van der Waals surface area contributed by atoms with Crippen LogP contribution >= 0.6 is 11.6 Å². The number of nitrogens with one attached hydrogen (secondary N) is 3. The molecular weight excluding hydrogens is 404 g/mol. The van der Waals surface area contributed by atoms with Gasteiger partial charge in [0.2, 0.25) is 0 Å². The van der Waals surface area contributed by atoms with Crippen molar-refractivity contribution in [2.75, 3.05) is 10.6 Å². The van der Waals surface area contributed by atoms with Crippen LogP contribution in [0.2, 0.25) is 5.02 Å². The molecule has 3 aromatic rings. The molecule has 7 nitrogen and oxygen atoms in total.